The lowest BCUT2D eigenvalue weighted by molar-refractivity contribution is 0.0417. The second-order valence-electron chi connectivity index (χ2n) is 7.86. The van der Waals surface area contributed by atoms with Crippen LogP contribution >= 0.6 is 0 Å². The predicted octanol–water partition coefficient (Wildman–Crippen LogP) is 0.0364. The van der Waals surface area contributed by atoms with Gasteiger partial charge in [0.25, 0.3) is 0 Å². The molecular weight excluding hydrogens is 282 g/mol. The lowest BCUT2D eigenvalue weighted by Gasteiger charge is -2.47. The fraction of sp³-hybridized carbons (Fsp3) is 0.625. The summed E-state index contributed by atoms with van der Waals surface area (Å²) in [5, 5.41) is 0. The minimum Gasteiger partial charge on any atom is -0.497 e. The quantitative estimate of drug-likeness (QED) is 0.735. The van der Waals surface area contributed by atoms with E-state index in [4.69, 9.17) is 4.74 Å². The molecule has 0 saturated heterocycles. The molecule has 4 saturated carbocycles. The highest BCUT2D eigenvalue weighted by Crippen LogP contribution is 3.03. The summed E-state index contributed by atoms with van der Waals surface area (Å²) in [5.41, 5.74) is -0.197. The second-order valence-corrected chi connectivity index (χ2v) is 7.86. The van der Waals surface area contributed by atoms with Crippen molar-refractivity contribution in [3.05, 3.63) is 45.0 Å². The number of allylic oxidation sites excluding steroid dienone is 3. The van der Waals surface area contributed by atoms with Crippen LogP contribution in [0.25, 0.3) is 0 Å². The molecule has 6 nitrogen and oxygen atoms in total. The average Bonchev–Trinajstić information content (AvgIpc) is 3.31. The third-order valence-corrected chi connectivity index (χ3v) is 7.85. The Morgan fingerprint density at radius 1 is 1.05 bits per heavy atom. The molecule has 3 heterocycles. The standard InChI is InChI=1S/C16H15N3O3/c1-17-13(20)18-11-8-7-9(8)12(19(18)14(17)21)16-5-6(22-2)3-4-15(11,16)10(7)16/h3-5,7-12H,1-2H3/t7-,8-,9+,10+,11+,12+,15+,16-/m0/s1. The van der Waals surface area contributed by atoms with Gasteiger partial charge in [0, 0.05) is 17.9 Å². The summed E-state index contributed by atoms with van der Waals surface area (Å²) in [6.45, 7) is 0. The molecule has 5 aliphatic carbocycles. The fourth-order valence-corrected chi connectivity index (χ4v) is 7.51. The molecule has 7 aliphatic rings. The summed E-state index contributed by atoms with van der Waals surface area (Å²) >= 11 is 0. The van der Waals surface area contributed by atoms with Crippen LogP contribution in [0.15, 0.2) is 33.6 Å². The summed E-state index contributed by atoms with van der Waals surface area (Å²) in [7, 11) is 3.29. The van der Waals surface area contributed by atoms with E-state index in [1.807, 2.05) is 0 Å². The van der Waals surface area contributed by atoms with Crippen molar-refractivity contribution in [2.75, 3.05) is 7.11 Å². The lowest BCUT2D eigenvalue weighted by Crippen LogP contribution is -2.52. The Balaban J connectivity index is 1.64. The summed E-state index contributed by atoms with van der Waals surface area (Å²) in [6, 6.07) is 0.318. The van der Waals surface area contributed by atoms with Crippen LogP contribution in [0.4, 0.5) is 0 Å². The van der Waals surface area contributed by atoms with Gasteiger partial charge in [0.05, 0.1) is 19.2 Å². The highest BCUT2D eigenvalue weighted by molar-refractivity contribution is 5.58. The van der Waals surface area contributed by atoms with Crippen molar-refractivity contribution in [1.29, 1.82) is 0 Å². The van der Waals surface area contributed by atoms with Crippen molar-refractivity contribution < 1.29 is 4.74 Å². The van der Waals surface area contributed by atoms with Crippen LogP contribution in [0.2, 0.25) is 0 Å². The number of aromatic nitrogens is 3. The normalized spacial score (nSPS) is 55.6. The van der Waals surface area contributed by atoms with Gasteiger partial charge in [0.2, 0.25) is 0 Å². The van der Waals surface area contributed by atoms with Gasteiger partial charge in [0.15, 0.2) is 0 Å². The van der Waals surface area contributed by atoms with Crippen molar-refractivity contribution in [1.82, 2.24) is 13.9 Å². The van der Waals surface area contributed by atoms with Gasteiger partial charge in [-0.1, -0.05) is 6.08 Å². The number of hydrogen-bond donors (Lipinski definition) is 0. The zero-order chi connectivity index (χ0) is 14.8. The first-order valence-corrected chi connectivity index (χ1v) is 7.97. The molecule has 0 radical (unpaired) electrons. The van der Waals surface area contributed by atoms with Gasteiger partial charge in [0.1, 0.15) is 5.76 Å². The van der Waals surface area contributed by atoms with Gasteiger partial charge in [-0.3, -0.25) is 0 Å². The van der Waals surface area contributed by atoms with Crippen LogP contribution in [0, 0.1) is 34.5 Å². The summed E-state index contributed by atoms with van der Waals surface area (Å²) in [4.78, 5) is 25.2. The number of rotatable bonds is 1. The molecule has 22 heavy (non-hydrogen) atoms. The maximum Gasteiger partial charge on any atom is 0.347 e. The minimum absolute atomic E-state index is 0.0272. The van der Waals surface area contributed by atoms with Gasteiger partial charge in [-0.15, -0.1) is 0 Å². The first-order valence-electron chi connectivity index (χ1n) is 7.97. The summed E-state index contributed by atoms with van der Waals surface area (Å²) < 4.78 is 10.3. The Morgan fingerprint density at radius 3 is 2.32 bits per heavy atom. The van der Waals surface area contributed by atoms with Crippen LogP contribution in [-0.4, -0.2) is 21.0 Å². The number of nitrogens with zero attached hydrogens (tertiary/aromatic N) is 3. The monoisotopic (exact) mass is 297 g/mol. The van der Waals surface area contributed by atoms with Crippen molar-refractivity contribution in [2.24, 2.45) is 41.5 Å². The van der Waals surface area contributed by atoms with Gasteiger partial charge in [-0.2, -0.15) is 0 Å². The Hall–Kier alpha value is -1.98. The van der Waals surface area contributed by atoms with Gasteiger partial charge in [-0.25, -0.2) is 23.5 Å². The smallest absolute Gasteiger partial charge is 0.347 e. The van der Waals surface area contributed by atoms with Crippen LogP contribution in [-0.2, 0) is 11.8 Å². The molecular formula is C16H15N3O3. The van der Waals surface area contributed by atoms with E-state index in [2.05, 4.69) is 18.2 Å². The Kier molecular flexibility index (Phi) is 1.20. The van der Waals surface area contributed by atoms with Crippen LogP contribution < -0.4 is 11.4 Å². The molecule has 2 spiro atoms. The zero-order valence-corrected chi connectivity index (χ0v) is 12.3. The topological polar surface area (TPSA) is 58.2 Å². The van der Waals surface area contributed by atoms with Crippen molar-refractivity contribution in [2.45, 2.75) is 12.1 Å². The molecule has 1 aromatic rings. The molecule has 0 unspecified atom stereocenters. The molecule has 0 N–H and O–H groups in total. The Labute approximate surface area is 125 Å². The van der Waals surface area contributed by atoms with Crippen molar-refractivity contribution in [3.8, 4) is 0 Å². The van der Waals surface area contributed by atoms with Gasteiger partial charge < -0.3 is 4.74 Å². The van der Waals surface area contributed by atoms with Crippen LogP contribution in [0.3, 0.4) is 0 Å². The molecule has 8 rings (SSSR count). The average molecular weight is 297 g/mol. The summed E-state index contributed by atoms with van der Waals surface area (Å²) in [5.74, 6) is 3.41. The maximum absolute atomic E-state index is 12.6. The van der Waals surface area contributed by atoms with Crippen molar-refractivity contribution >= 4 is 0 Å². The number of ether oxygens (including phenoxy) is 1. The van der Waals surface area contributed by atoms with Crippen LogP contribution in [0.5, 0.6) is 0 Å². The summed E-state index contributed by atoms with van der Waals surface area (Å²) in [6.07, 6.45) is 6.63. The van der Waals surface area contributed by atoms with E-state index in [-0.39, 0.29) is 34.3 Å². The third-order valence-electron chi connectivity index (χ3n) is 7.85. The highest BCUT2D eigenvalue weighted by Gasteiger charge is 3.02. The molecule has 0 amide bonds. The fourth-order valence-electron chi connectivity index (χ4n) is 7.51. The molecule has 6 heteroatoms. The SMILES string of the molecule is COC1=C[C@]23[C@@H]4[C@@H]5[C@@H]6[C@H]5[C@@H](n5c(=O)n(C)c(=O)n5[C@H]62)[C@@]43C=C1. The third kappa shape index (κ3) is 0.616. The minimum atomic E-state index is -0.151. The molecule has 1 aromatic heterocycles. The second kappa shape index (κ2) is 2.47. The van der Waals surface area contributed by atoms with E-state index in [9.17, 15) is 9.59 Å². The van der Waals surface area contributed by atoms with E-state index in [1.165, 1.54) is 4.57 Å². The molecule has 0 aromatic carbocycles. The van der Waals surface area contributed by atoms with E-state index in [1.54, 1.807) is 23.5 Å². The number of methoxy groups -OCH3 is 1. The van der Waals surface area contributed by atoms with E-state index < -0.39 is 0 Å². The molecule has 112 valence electrons. The largest absolute Gasteiger partial charge is 0.497 e. The van der Waals surface area contributed by atoms with Gasteiger partial charge in [-0.05, 0) is 35.8 Å². The highest BCUT2D eigenvalue weighted by atomic mass is 16.5. The molecule has 2 aliphatic heterocycles. The number of hydrogen-bond acceptors (Lipinski definition) is 3. The zero-order valence-electron chi connectivity index (χ0n) is 12.3. The lowest BCUT2D eigenvalue weighted by atomic mass is 9.69. The van der Waals surface area contributed by atoms with E-state index >= 15 is 0 Å². The molecule has 8 atom stereocenters. The first-order chi connectivity index (χ1) is 10.6. The van der Waals surface area contributed by atoms with E-state index in [0.717, 1.165) is 5.76 Å². The van der Waals surface area contributed by atoms with Crippen molar-refractivity contribution in [3.63, 3.8) is 0 Å². The van der Waals surface area contributed by atoms with E-state index in [0.29, 0.717) is 23.7 Å². The molecule has 4 fully saturated rings. The molecule has 2 bridgehead atoms. The van der Waals surface area contributed by atoms with Crippen LogP contribution in [0.1, 0.15) is 12.1 Å². The van der Waals surface area contributed by atoms with Gasteiger partial charge >= 0.3 is 11.4 Å². The first kappa shape index (κ1) is 10.7. The Bertz CT molecular complexity index is 993. The maximum atomic E-state index is 12.6. The predicted molar refractivity (Wildman–Crippen MR) is 75.1 cm³/mol. The Morgan fingerprint density at radius 2 is 1.68 bits per heavy atom.